The monoisotopic (exact) mass is 279 g/mol. The van der Waals surface area contributed by atoms with Crippen LogP contribution in [0.15, 0.2) is 5.51 Å². The molecule has 2 unspecified atom stereocenters. The number of rotatable bonds is 1. The maximum Gasteiger partial charge on any atom is 0.265 e. The molecule has 2 atom stereocenters. The van der Waals surface area contributed by atoms with Crippen LogP contribution in [0, 0.1) is 12.8 Å². The second-order valence-electron chi connectivity index (χ2n) is 5.28. The number of amides is 2. The minimum Gasteiger partial charge on any atom is -0.353 e. The molecule has 6 heteroatoms. The van der Waals surface area contributed by atoms with E-state index in [0.29, 0.717) is 12.3 Å². The zero-order valence-electron chi connectivity index (χ0n) is 10.9. The van der Waals surface area contributed by atoms with Gasteiger partial charge >= 0.3 is 0 Å². The Morgan fingerprint density at radius 1 is 1.53 bits per heavy atom. The van der Waals surface area contributed by atoms with Crippen LogP contribution in [0.4, 0.5) is 0 Å². The van der Waals surface area contributed by atoms with Crippen molar-refractivity contribution in [1.82, 2.24) is 15.2 Å². The number of nitrogens with one attached hydrogen (secondary N) is 1. The summed E-state index contributed by atoms with van der Waals surface area (Å²) in [5, 5.41) is 3.04. The standard InChI is InChI=1S/C13H17N3O2S/c1-8-12(19-7-14-8)13(18)16-5-4-10-9(6-16)2-3-11(17)15-10/h7,9-10H,2-6H2,1H3,(H,15,17). The molecule has 0 aliphatic carbocycles. The molecule has 2 aliphatic heterocycles. The van der Waals surface area contributed by atoms with Gasteiger partial charge in [-0.15, -0.1) is 11.3 Å². The molecule has 1 N–H and O–H groups in total. The predicted molar refractivity (Wildman–Crippen MR) is 72.0 cm³/mol. The Bertz CT molecular complexity index is 514. The molecule has 1 aromatic heterocycles. The van der Waals surface area contributed by atoms with E-state index in [1.807, 2.05) is 11.8 Å². The molecular weight excluding hydrogens is 262 g/mol. The first-order valence-electron chi connectivity index (χ1n) is 6.64. The Morgan fingerprint density at radius 3 is 3.11 bits per heavy atom. The van der Waals surface area contributed by atoms with Crippen LogP contribution in [0.25, 0.3) is 0 Å². The number of thiazole rings is 1. The minimum atomic E-state index is 0.0929. The third-order valence-corrected chi connectivity index (χ3v) is 4.97. The van der Waals surface area contributed by atoms with Gasteiger partial charge in [-0.1, -0.05) is 0 Å². The summed E-state index contributed by atoms with van der Waals surface area (Å²) in [7, 11) is 0. The Balaban J connectivity index is 1.70. The molecular formula is C13H17N3O2S. The van der Waals surface area contributed by atoms with Crippen LogP contribution in [-0.4, -0.2) is 40.8 Å². The molecule has 3 heterocycles. The fourth-order valence-corrected chi connectivity index (χ4v) is 3.71. The van der Waals surface area contributed by atoms with Crippen LogP contribution < -0.4 is 5.32 Å². The van der Waals surface area contributed by atoms with Gasteiger partial charge in [0.2, 0.25) is 5.91 Å². The maximum atomic E-state index is 12.4. The van der Waals surface area contributed by atoms with Gasteiger partial charge in [0, 0.05) is 25.6 Å². The molecule has 2 aliphatic rings. The molecule has 0 bridgehead atoms. The van der Waals surface area contributed by atoms with Gasteiger partial charge in [-0.25, -0.2) is 4.98 Å². The summed E-state index contributed by atoms with van der Waals surface area (Å²) in [4.78, 5) is 30.6. The largest absolute Gasteiger partial charge is 0.353 e. The third kappa shape index (κ3) is 2.36. The number of aryl methyl sites for hydroxylation is 1. The molecule has 19 heavy (non-hydrogen) atoms. The first-order chi connectivity index (χ1) is 9.15. The molecule has 3 rings (SSSR count). The fraction of sp³-hybridized carbons (Fsp3) is 0.615. The average molecular weight is 279 g/mol. The molecule has 0 aromatic carbocycles. The van der Waals surface area contributed by atoms with E-state index < -0.39 is 0 Å². The van der Waals surface area contributed by atoms with Gasteiger partial charge in [-0.05, 0) is 25.7 Å². The number of hydrogen-bond donors (Lipinski definition) is 1. The number of hydrogen-bond acceptors (Lipinski definition) is 4. The number of aromatic nitrogens is 1. The SMILES string of the molecule is Cc1ncsc1C(=O)N1CCC2NC(=O)CCC2C1. The molecule has 2 amide bonds. The molecule has 5 nitrogen and oxygen atoms in total. The van der Waals surface area contributed by atoms with Crippen molar-refractivity contribution in [2.45, 2.75) is 32.2 Å². The number of carbonyl (C=O) groups is 2. The fourth-order valence-electron chi connectivity index (χ4n) is 2.95. The van der Waals surface area contributed by atoms with Gasteiger partial charge in [0.25, 0.3) is 5.91 Å². The Labute approximate surface area is 116 Å². The molecule has 2 fully saturated rings. The van der Waals surface area contributed by atoms with Crippen LogP contribution >= 0.6 is 11.3 Å². The van der Waals surface area contributed by atoms with Crippen LogP contribution in [0.3, 0.4) is 0 Å². The van der Waals surface area contributed by atoms with Crippen molar-refractivity contribution in [3.05, 3.63) is 16.1 Å². The average Bonchev–Trinajstić information content (AvgIpc) is 2.83. The summed E-state index contributed by atoms with van der Waals surface area (Å²) in [6.45, 7) is 3.34. The van der Waals surface area contributed by atoms with Crippen molar-refractivity contribution < 1.29 is 9.59 Å². The van der Waals surface area contributed by atoms with Gasteiger partial charge in [-0.3, -0.25) is 9.59 Å². The summed E-state index contributed by atoms with van der Waals surface area (Å²) in [5.41, 5.74) is 2.53. The van der Waals surface area contributed by atoms with Crippen molar-refractivity contribution in [3.8, 4) is 0 Å². The molecule has 0 radical (unpaired) electrons. The number of fused-ring (bicyclic) bond motifs is 1. The normalized spacial score (nSPS) is 26.8. The Hall–Kier alpha value is -1.43. The van der Waals surface area contributed by atoms with Crippen LogP contribution in [0.2, 0.25) is 0 Å². The number of likely N-dealkylation sites (tertiary alicyclic amines) is 1. The lowest BCUT2D eigenvalue weighted by molar-refractivity contribution is -0.125. The number of nitrogens with zero attached hydrogens (tertiary/aromatic N) is 2. The lowest BCUT2D eigenvalue weighted by Gasteiger charge is -2.41. The smallest absolute Gasteiger partial charge is 0.265 e. The maximum absolute atomic E-state index is 12.4. The quantitative estimate of drug-likeness (QED) is 0.840. The van der Waals surface area contributed by atoms with Crippen molar-refractivity contribution in [2.24, 2.45) is 5.92 Å². The van der Waals surface area contributed by atoms with Gasteiger partial charge < -0.3 is 10.2 Å². The van der Waals surface area contributed by atoms with Crippen LogP contribution in [-0.2, 0) is 4.79 Å². The van der Waals surface area contributed by atoms with Gasteiger partial charge in [0.1, 0.15) is 4.88 Å². The molecule has 0 spiro atoms. The highest BCUT2D eigenvalue weighted by Crippen LogP contribution is 2.27. The predicted octanol–water partition coefficient (Wildman–Crippen LogP) is 1.19. The topological polar surface area (TPSA) is 62.3 Å². The summed E-state index contributed by atoms with van der Waals surface area (Å²) >= 11 is 1.41. The highest BCUT2D eigenvalue weighted by molar-refractivity contribution is 7.11. The highest BCUT2D eigenvalue weighted by Gasteiger charge is 2.35. The first-order valence-corrected chi connectivity index (χ1v) is 7.52. The molecule has 0 saturated carbocycles. The van der Waals surface area contributed by atoms with Gasteiger partial charge in [0.15, 0.2) is 0 Å². The summed E-state index contributed by atoms with van der Waals surface area (Å²) in [5.74, 6) is 0.651. The van der Waals surface area contributed by atoms with Gasteiger partial charge in [0.05, 0.1) is 11.2 Å². The molecule has 2 saturated heterocycles. The van der Waals surface area contributed by atoms with Crippen molar-refractivity contribution in [2.75, 3.05) is 13.1 Å². The van der Waals surface area contributed by atoms with Crippen molar-refractivity contribution in [3.63, 3.8) is 0 Å². The van der Waals surface area contributed by atoms with E-state index in [9.17, 15) is 9.59 Å². The van der Waals surface area contributed by atoms with E-state index in [1.165, 1.54) is 11.3 Å². The molecule has 102 valence electrons. The molecule has 1 aromatic rings. The Kier molecular flexibility index (Phi) is 3.26. The van der Waals surface area contributed by atoms with Crippen molar-refractivity contribution in [1.29, 1.82) is 0 Å². The zero-order chi connectivity index (χ0) is 13.4. The first kappa shape index (κ1) is 12.6. The Morgan fingerprint density at radius 2 is 2.37 bits per heavy atom. The second kappa shape index (κ2) is 4.92. The van der Waals surface area contributed by atoms with E-state index in [4.69, 9.17) is 0 Å². The lowest BCUT2D eigenvalue weighted by Crippen LogP contribution is -2.55. The van der Waals surface area contributed by atoms with Gasteiger partial charge in [-0.2, -0.15) is 0 Å². The highest BCUT2D eigenvalue weighted by atomic mass is 32.1. The number of carbonyl (C=O) groups excluding carboxylic acids is 2. The van der Waals surface area contributed by atoms with E-state index in [2.05, 4.69) is 10.3 Å². The zero-order valence-corrected chi connectivity index (χ0v) is 11.7. The minimum absolute atomic E-state index is 0.0929. The van der Waals surface area contributed by atoms with E-state index in [0.717, 1.165) is 36.5 Å². The summed E-state index contributed by atoms with van der Waals surface area (Å²) in [6.07, 6.45) is 2.34. The van der Waals surface area contributed by atoms with Crippen LogP contribution in [0.1, 0.15) is 34.6 Å². The van der Waals surface area contributed by atoms with Crippen LogP contribution in [0.5, 0.6) is 0 Å². The summed E-state index contributed by atoms with van der Waals surface area (Å²) < 4.78 is 0. The van der Waals surface area contributed by atoms with Crippen molar-refractivity contribution >= 4 is 23.2 Å². The van der Waals surface area contributed by atoms with E-state index in [1.54, 1.807) is 5.51 Å². The lowest BCUT2D eigenvalue weighted by atomic mass is 9.85. The van der Waals surface area contributed by atoms with E-state index >= 15 is 0 Å². The second-order valence-corrected chi connectivity index (χ2v) is 6.13. The van der Waals surface area contributed by atoms with E-state index in [-0.39, 0.29) is 17.9 Å². The summed E-state index contributed by atoms with van der Waals surface area (Å²) in [6, 6.07) is 0.257. The third-order valence-electron chi connectivity index (χ3n) is 4.05. The number of piperidine rings is 2.